The lowest BCUT2D eigenvalue weighted by Crippen LogP contribution is -2.28. The fourth-order valence-electron chi connectivity index (χ4n) is 2.61. The molecule has 3 nitrogen and oxygen atoms in total. The first kappa shape index (κ1) is 12.6. The lowest BCUT2D eigenvalue weighted by molar-refractivity contribution is 0.262. The van der Waals surface area contributed by atoms with Gasteiger partial charge in [-0.2, -0.15) is 5.10 Å². The lowest BCUT2D eigenvalue weighted by atomic mass is 10.1. The minimum Gasteiger partial charge on any atom is -0.299 e. The molecule has 1 aromatic rings. The van der Waals surface area contributed by atoms with Gasteiger partial charge in [-0.25, -0.2) is 0 Å². The molecular formula is C14H25N3. The molecule has 2 heterocycles. The van der Waals surface area contributed by atoms with Crippen molar-refractivity contribution in [3.63, 3.8) is 0 Å². The monoisotopic (exact) mass is 235 g/mol. The molecule has 3 heteroatoms. The lowest BCUT2D eigenvalue weighted by Gasteiger charge is -2.20. The van der Waals surface area contributed by atoms with Gasteiger partial charge >= 0.3 is 0 Å². The summed E-state index contributed by atoms with van der Waals surface area (Å²) in [5, 5.41) is 4.54. The van der Waals surface area contributed by atoms with Gasteiger partial charge in [0.1, 0.15) is 0 Å². The molecule has 2 rings (SSSR count). The molecule has 0 saturated carbocycles. The van der Waals surface area contributed by atoms with Crippen LogP contribution in [-0.2, 0) is 6.42 Å². The highest BCUT2D eigenvalue weighted by Gasteiger charge is 2.25. The Bertz CT molecular complexity index is 354. The van der Waals surface area contributed by atoms with Crippen LogP contribution >= 0.6 is 0 Å². The molecule has 1 aliphatic heterocycles. The Labute approximate surface area is 105 Å². The van der Waals surface area contributed by atoms with Gasteiger partial charge in [-0.1, -0.05) is 13.8 Å². The number of nitrogens with zero attached hydrogens (tertiary/aromatic N) is 3. The molecule has 1 fully saturated rings. The molecule has 17 heavy (non-hydrogen) atoms. The van der Waals surface area contributed by atoms with Gasteiger partial charge < -0.3 is 0 Å². The van der Waals surface area contributed by atoms with Crippen LogP contribution in [0.25, 0.3) is 0 Å². The number of hydrogen-bond donors (Lipinski definition) is 0. The van der Waals surface area contributed by atoms with Gasteiger partial charge in [0.2, 0.25) is 0 Å². The van der Waals surface area contributed by atoms with Crippen LogP contribution in [0.4, 0.5) is 0 Å². The van der Waals surface area contributed by atoms with Gasteiger partial charge in [-0.15, -0.1) is 0 Å². The van der Waals surface area contributed by atoms with Crippen molar-refractivity contribution in [2.24, 2.45) is 5.92 Å². The number of likely N-dealkylation sites (tertiary alicyclic amines) is 1. The van der Waals surface area contributed by atoms with Crippen LogP contribution in [0.15, 0.2) is 12.4 Å². The molecule has 0 amide bonds. The Hall–Kier alpha value is -0.830. The first-order valence-corrected chi connectivity index (χ1v) is 6.83. The summed E-state index contributed by atoms with van der Waals surface area (Å²) >= 11 is 0. The topological polar surface area (TPSA) is 21.1 Å². The van der Waals surface area contributed by atoms with Crippen LogP contribution in [0.3, 0.4) is 0 Å². The third-order valence-corrected chi connectivity index (χ3v) is 3.60. The molecule has 1 aromatic heterocycles. The Balaban J connectivity index is 1.97. The van der Waals surface area contributed by atoms with Crippen LogP contribution in [0, 0.1) is 5.92 Å². The predicted molar refractivity (Wildman–Crippen MR) is 71.1 cm³/mol. The third kappa shape index (κ3) is 3.09. The quantitative estimate of drug-likeness (QED) is 0.800. The summed E-state index contributed by atoms with van der Waals surface area (Å²) in [5.41, 5.74) is 1.38. The second-order valence-electron chi connectivity index (χ2n) is 5.96. The standard InChI is InChI=1S/C14H25N3/c1-11(2)7-13-8-15-17(9-13)14-5-6-16(10-14)12(3)4/h8-9,11-12,14H,5-7,10H2,1-4H3/t14-/m1/s1. The van der Waals surface area contributed by atoms with Crippen molar-refractivity contribution < 1.29 is 0 Å². The second-order valence-corrected chi connectivity index (χ2v) is 5.96. The van der Waals surface area contributed by atoms with E-state index in [1.807, 2.05) is 6.20 Å². The minimum absolute atomic E-state index is 0.582. The van der Waals surface area contributed by atoms with Crippen molar-refractivity contribution in [1.82, 2.24) is 14.7 Å². The van der Waals surface area contributed by atoms with E-state index in [0.717, 1.165) is 13.0 Å². The molecule has 0 radical (unpaired) electrons. The van der Waals surface area contributed by atoms with Crippen LogP contribution in [-0.4, -0.2) is 33.8 Å². The van der Waals surface area contributed by atoms with Gasteiger partial charge in [0.05, 0.1) is 12.2 Å². The summed E-state index contributed by atoms with van der Waals surface area (Å²) in [7, 11) is 0. The Kier molecular flexibility index (Phi) is 3.87. The number of aromatic nitrogens is 2. The van der Waals surface area contributed by atoms with Gasteiger partial charge in [0.15, 0.2) is 0 Å². The van der Waals surface area contributed by atoms with Crippen molar-refractivity contribution in [3.05, 3.63) is 18.0 Å². The average Bonchev–Trinajstić information content (AvgIpc) is 2.83. The van der Waals surface area contributed by atoms with Crippen LogP contribution in [0.2, 0.25) is 0 Å². The van der Waals surface area contributed by atoms with E-state index < -0.39 is 0 Å². The van der Waals surface area contributed by atoms with E-state index in [4.69, 9.17) is 0 Å². The highest BCUT2D eigenvalue weighted by atomic mass is 15.3. The van der Waals surface area contributed by atoms with Crippen LogP contribution in [0.5, 0.6) is 0 Å². The molecule has 1 atom stereocenters. The molecule has 96 valence electrons. The Morgan fingerprint density at radius 1 is 1.35 bits per heavy atom. The molecule has 1 saturated heterocycles. The second kappa shape index (κ2) is 5.21. The van der Waals surface area contributed by atoms with E-state index in [1.54, 1.807) is 0 Å². The average molecular weight is 235 g/mol. The maximum Gasteiger partial charge on any atom is 0.0658 e. The smallest absolute Gasteiger partial charge is 0.0658 e. The van der Waals surface area contributed by atoms with Crippen molar-refractivity contribution in [2.75, 3.05) is 13.1 Å². The first-order chi connectivity index (χ1) is 8.06. The molecule has 0 spiro atoms. The van der Waals surface area contributed by atoms with E-state index in [0.29, 0.717) is 18.0 Å². The van der Waals surface area contributed by atoms with Gasteiger partial charge in [0, 0.05) is 25.3 Å². The minimum atomic E-state index is 0.582. The fourth-order valence-corrected chi connectivity index (χ4v) is 2.61. The normalized spacial score (nSPS) is 21.9. The van der Waals surface area contributed by atoms with Crippen molar-refractivity contribution in [2.45, 2.75) is 52.6 Å². The van der Waals surface area contributed by atoms with Gasteiger partial charge in [0.25, 0.3) is 0 Å². The van der Waals surface area contributed by atoms with Crippen LogP contribution in [0.1, 0.15) is 45.7 Å². The highest BCUT2D eigenvalue weighted by molar-refractivity contribution is 5.05. The molecule has 1 aliphatic rings. The van der Waals surface area contributed by atoms with E-state index in [-0.39, 0.29) is 0 Å². The summed E-state index contributed by atoms with van der Waals surface area (Å²) in [4.78, 5) is 2.54. The summed E-state index contributed by atoms with van der Waals surface area (Å²) in [5.74, 6) is 0.711. The highest BCUT2D eigenvalue weighted by Crippen LogP contribution is 2.23. The summed E-state index contributed by atoms with van der Waals surface area (Å²) in [6.45, 7) is 11.4. The zero-order valence-electron chi connectivity index (χ0n) is 11.6. The number of hydrogen-bond acceptors (Lipinski definition) is 2. The molecule has 0 aliphatic carbocycles. The number of rotatable bonds is 4. The molecule has 0 unspecified atom stereocenters. The van der Waals surface area contributed by atoms with Crippen LogP contribution < -0.4 is 0 Å². The van der Waals surface area contributed by atoms with E-state index >= 15 is 0 Å². The maximum atomic E-state index is 4.54. The zero-order chi connectivity index (χ0) is 12.4. The third-order valence-electron chi connectivity index (χ3n) is 3.60. The molecular weight excluding hydrogens is 210 g/mol. The summed E-state index contributed by atoms with van der Waals surface area (Å²) in [6, 6.07) is 1.24. The Morgan fingerprint density at radius 3 is 2.71 bits per heavy atom. The van der Waals surface area contributed by atoms with Crippen molar-refractivity contribution in [1.29, 1.82) is 0 Å². The largest absolute Gasteiger partial charge is 0.299 e. The first-order valence-electron chi connectivity index (χ1n) is 6.83. The van der Waals surface area contributed by atoms with Crippen molar-refractivity contribution in [3.8, 4) is 0 Å². The fraction of sp³-hybridized carbons (Fsp3) is 0.786. The summed E-state index contributed by atoms with van der Waals surface area (Å²) in [6.07, 6.45) is 6.66. The maximum absolute atomic E-state index is 4.54. The van der Waals surface area contributed by atoms with E-state index in [1.165, 1.54) is 18.5 Å². The Morgan fingerprint density at radius 2 is 2.12 bits per heavy atom. The predicted octanol–water partition coefficient (Wildman–Crippen LogP) is 2.74. The SMILES string of the molecule is CC(C)Cc1cnn([C@@H]2CCN(C(C)C)C2)c1. The van der Waals surface area contributed by atoms with E-state index in [2.05, 4.69) is 48.6 Å². The van der Waals surface area contributed by atoms with Gasteiger partial charge in [-0.05, 0) is 38.2 Å². The molecule has 0 aromatic carbocycles. The zero-order valence-corrected chi connectivity index (χ0v) is 11.6. The molecule has 0 N–H and O–H groups in total. The van der Waals surface area contributed by atoms with Crippen molar-refractivity contribution >= 4 is 0 Å². The summed E-state index contributed by atoms with van der Waals surface area (Å²) < 4.78 is 2.18. The van der Waals surface area contributed by atoms with Gasteiger partial charge in [-0.3, -0.25) is 9.58 Å². The van der Waals surface area contributed by atoms with E-state index in [9.17, 15) is 0 Å². The molecule has 0 bridgehead atoms.